The van der Waals surface area contributed by atoms with E-state index >= 15 is 0 Å². The number of methoxy groups -OCH3 is 1. The molecule has 2 heterocycles. The van der Waals surface area contributed by atoms with Gasteiger partial charge in [0.05, 0.1) is 19.3 Å². The summed E-state index contributed by atoms with van der Waals surface area (Å²) >= 11 is 0. The molecule has 118 valence electrons. The number of benzene rings is 1. The SMILES string of the molecule is COc1cc(C)nc(CN2CCCc3c(N)cccc32)c1.Cl. The van der Waals surface area contributed by atoms with Gasteiger partial charge in [-0.3, -0.25) is 4.98 Å². The lowest BCUT2D eigenvalue weighted by Gasteiger charge is -2.31. The summed E-state index contributed by atoms with van der Waals surface area (Å²) in [5.74, 6) is 0.863. The summed E-state index contributed by atoms with van der Waals surface area (Å²) < 4.78 is 5.33. The second-order valence-corrected chi connectivity index (χ2v) is 5.51. The molecular weight excluding hydrogens is 298 g/mol. The van der Waals surface area contributed by atoms with Gasteiger partial charge in [-0.15, -0.1) is 12.4 Å². The van der Waals surface area contributed by atoms with Crippen LogP contribution in [0.15, 0.2) is 30.3 Å². The highest BCUT2D eigenvalue weighted by Crippen LogP contribution is 2.32. The number of halogens is 1. The minimum atomic E-state index is 0. The summed E-state index contributed by atoms with van der Waals surface area (Å²) in [6, 6.07) is 10.1. The Hall–Kier alpha value is -1.94. The largest absolute Gasteiger partial charge is 0.497 e. The highest BCUT2D eigenvalue weighted by molar-refractivity contribution is 5.85. The third-order valence-electron chi connectivity index (χ3n) is 3.95. The maximum absolute atomic E-state index is 6.10. The van der Waals surface area contributed by atoms with Crippen LogP contribution >= 0.6 is 12.4 Å². The lowest BCUT2D eigenvalue weighted by Crippen LogP contribution is -2.29. The number of pyridine rings is 1. The van der Waals surface area contributed by atoms with E-state index in [4.69, 9.17) is 10.5 Å². The van der Waals surface area contributed by atoms with Crippen LogP contribution in [0, 0.1) is 6.92 Å². The van der Waals surface area contributed by atoms with Crippen molar-refractivity contribution in [1.29, 1.82) is 0 Å². The zero-order valence-corrected chi connectivity index (χ0v) is 13.8. The van der Waals surface area contributed by atoms with Crippen LogP contribution < -0.4 is 15.4 Å². The smallest absolute Gasteiger partial charge is 0.122 e. The molecule has 0 atom stereocenters. The molecule has 5 heteroatoms. The van der Waals surface area contributed by atoms with E-state index in [-0.39, 0.29) is 12.4 Å². The van der Waals surface area contributed by atoms with Crippen molar-refractivity contribution in [3.63, 3.8) is 0 Å². The molecule has 1 aromatic heterocycles. The molecule has 0 saturated carbocycles. The minimum Gasteiger partial charge on any atom is -0.497 e. The molecule has 1 aromatic carbocycles. The Morgan fingerprint density at radius 2 is 2.14 bits per heavy atom. The number of aromatic nitrogens is 1. The molecule has 0 fully saturated rings. The van der Waals surface area contributed by atoms with Gasteiger partial charge in [-0.05, 0) is 37.5 Å². The summed E-state index contributed by atoms with van der Waals surface area (Å²) in [4.78, 5) is 6.98. The van der Waals surface area contributed by atoms with Gasteiger partial charge in [0.15, 0.2) is 0 Å². The lowest BCUT2D eigenvalue weighted by molar-refractivity contribution is 0.413. The average molecular weight is 320 g/mol. The Morgan fingerprint density at radius 1 is 1.32 bits per heavy atom. The van der Waals surface area contributed by atoms with E-state index in [0.717, 1.165) is 48.8 Å². The van der Waals surface area contributed by atoms with Gasteiger partial charge in [0.2, 0.25) is 0 Å². The topological polar surface area (TPSA) is 51.4 Å². The molecule has 2 N–H and O–H groups in total. The first kappa shape index (κ1) is 16.4. The molecule has 0 amide bonds. The minimum absolute atomic E-state index is 0. The van der Waals surface area contributed by atoms with Crippen LogP contribution in [0.25, 0.3) is 0 Å². The number of anilines is 2. The van der Waals surface area contributed by atoms with Gasteiger partial charge >= 0.3 is 0 Å². The molecule has 3 rings (SSSR count). The van der Waals surface area contributed by atoms with Crippen molar-refractivity contribution < 1.29 is 4.74 Å². The number of rotatable bonds is 3. The number of fused-ring (bicyclic) bond motifs is 1. The summed E-state index contributed by atoms with van der Waals surface area (Å²) in [6.07, 6.45) is 2.19. The molecule has 1 aliphatic heterocycles. The molecule has 22 heavy (non-hydrogen) atoms. The Bertz CT molecular complexity index is 660. The third-order valence-corrected chi connectivity index (χ3v) is 3.95. The maximum atomic E-state index is 6.10. The lowest BCUT2D eigenvalue weighted by atomic mass is 9.99. The molecule has 0 saturated heterocycles. The van der Waals surface area contributed by atoms with Crippen LogP contribution in [-0.2, 0) is 13.0 Å². The second kappa shape index (κ2) is 6.88. The van der Waals surface area contributed by atoms with Crippen molar-refractivity contribution in [3.05, 3.63) is 47.3 Å². The molecule has 2 aromatic rings. The van der Waals surface area contributed by atoms with Crippen LogP contribution in [0.1, 0.15) is 23.4 Å². The van der Waals surface area contributed by atoms with E-state index in [1.807, 2.05) is 31.2 Å². The average Bonchev–Trinajstić information content (AvgIpc) is 2.48. The number of nitrogens with two attached hydrogens (primary N) is 1. The normalized spacial score (nSPS) is 13.3. The fourth-order valence-electron chi connectivity index (χ4n) is 2.99. The Morgan fingerprint density at radius 3 is 2.91 bits per heavy atom. The molecule has 0 bridgehead atoms. The predicted octanol–water partition coefficient (Wildman–Crippen LogP) is 3.36. The van der Waals surface area contributed by atoms with Gasteiger partial charge in [-0.25, -0.2) is 0 Å². The molecule has 0 spiro atoms. The van der Waals surface area contributed by atoms with Gasteiger partial charge in [0.1, 0.15) is 5.75 Å². The number of aryl methyl sites for hydroxylation is 1. The van der Waals surface area contributed by atoms with Crippen LogP contribution in [0.5, 0.6) is 5.75 Å². The molecule has 4 nitrogen and oxygen atoms in total. The summed E-state index contributed by atoms with van der Waals surface area (Å²) in [5.41, 5.74) is 11.5. The predicted molar refractivity (Wildman–Crippen MR) is 93.0 cm³/mol. The Kier molecular flexibility index (Phi) is 5.14. The fourth-order valence-corrected chi connectivity index (χ4v) is 2.99. The van der Waals surface area contributed by atoms with Crippen molar-refractivity contribution in [3.8, 4) is 5.75 Å². The zero-order valence-electron chi connectivity index (χ0n) is 13.0. The van der Waals surface area contributed by atoms with E-state index in [9.17, 15) is 0 Å². The third kappa shape index (κ3) is 3.28. The number of ether oxygens (including phenoxy) is 1. The molecule has 0 radical (unpaired) electrons. The Labute approximate surface area is 137 Å². The van der Waals surface area contributed by atoms with Crippen molar-refractivity contribution in [2.45, 2.75) is 26.3 Å². The molecule has 1 aliphatic rings. The summed E-state index contributed by atoms with van der Waals surface area (Å²) in [6.45, 7) is 3.82. The van der Waals surface area contributed by atoms with Gasteiger partial charge in [0, 0.05) is 35.7 Å². The monoisotopic (exact) mass is 319 g/mol. The maximum Gasteiger partial charge on any atom is 0.122 e. The van der Waals surface area contributed by atoms with Crippen molar-refractivity contribution >= 4 is 23.8 Å². The quantitative estimate of drug-likeness (QED) is 0.881. The van der Waals surface area contributed by atoms with Gasteiger partial charge in [-0.1, -0.05) is 6.07 Å². The second-order valence-electron chi connectivity index (χ2n) is 5.51. The molecular formula is C17H22ClN3O. The van der Waals surface area contributed by atoms with Gasteiger partial charge < -0.3 is 15.4 Å². The van der Waals surface area contributed by atoms with E-state index in [2.05, 4.69) is 16.0 Å². The van der Waals surface area contributed by atoms with Crippen LogP contribution in [0.2, 0.25) is 0 Å². The van der Waals surface area contributed by atoms with Gasteiger partial charge in [0.25, 0.3) is 0 Å². The molecule has 0 unspecified atom stereocenters. The van der Waals surface area contributed by atoms with Crippen molar-refractivity contribution in [2.75, 3.05) is 24.3 Å². The molecule has 0 aliphatic carbocycles. The van der Waals surface area contributed by atoms with E-state index in [1.54, 1.807) is 7.11 Å². The van der Waals surface area contributed by atoms with E-state index in [0.29, 0.717) is 0 Å². The first-order chi connectivity index (χ1) is 10.2. The van der Waals surface area contributed by atoms with Crippen LogP contribution in [-0.4, -0.2) is 18.6 Å². The first-order valence-electron chi connectivity index (χ1n) is 7.31. The summed E-state index contributed by atoms with van der Waals surface area (Å²) in [7, 11) is 1.69. The standard InChI is InChI=1S/C17H21N3O.ClH/c1-12-9-14(21-2)10-13(19-12)11-20-8-4-5-15-16(18)6-3-7-17(15)20;/h3,6-7,9-10H,4-5,8,11,18H2,1-2H3;1H. The number of nitrogens with zero attached hydrogens (tertiary/aromatic N) is 2. The zero-order chi connectivity index (χ0) is 14.8. The van der Waals surface area contributed by atoms with Crippen molar-refractivity contribution in [1.82, 2.24) is 4.98 Å². The number of nitrogen functional groups attached to an aromatic ring is 1. The number of hydrogen-bond donors (Lipinski definition) is 1. The summed E-state index contributed by atoms with van der Waals surface area (Å²) in [5, 5.41) is 0. The Balaban J connectivity index is 0.00000176. The highest BCUT2D eigenvalue weighted by atomic mass is 35.5. The first-order valence-corrected chi connectivity index (χ1v) is 7.31. The van der Waals surface area contributed by atoms with Crippen LogP contribution in [0.3, 0.4) is 0 Å². The fraction of sp³-hybridized carbons (Fsp3) is 0.353. The number of hydrogen-bond acceptors (Lipinski definition) is 4. The van der Waals surface area contributed by atoms with Crippen molar-refractivity contribution in [2.24, 2.45) is 0 Å². The van der Waals surface area contributed by atoms with Gasteiger partial charge in [-0.2, -0.15) is 0 Å². The highest BCUT2D eigenvalue weighted by Gasteiger charge is 2.19. The van der Waals surface area contributed by atoms with Crippen LogP contribution in [0.4, 0.5) is 11.4 Å². The van der Waals surface area contributed by atoms with E-state index in [1.165, 1.54) is 11.3 Å². The van der Waals surface area contributed by atoms with E-state index < -0.39 is 0 Å².